The van der Waals surface area contributed by atoms with Crippen molar-refractivity contribution in [3.8, 4) is 5.75 Å². The molecule has 0 radical (unpaired) electrons. The lowest BCUT2D eigenvalue weighted by molar-refractivity contribution is -0.131. The first kappa shape index (κ1) is 19.6. The molecule has 2 aliphatic heterocycles. The van der Waals surface area contributed by atoms with E-state index in [1.165, 1.54) is 9.31 Å². The zero-order valence-electron chi connectivity index (χ0n) is 15.7. The summed E-state index contributed by atoms with van der Waals surface area (Å²) in [6.45, 7) is 3.16. The Labute approximate surface area is 160 Å². The van der Waals surface area contributed by atoms with Gasteiger partial charge in [-0.1, -0.05) is 19.8 Å². The van der Waals surface area contributed by atoms with Crippen LogP contribution < -0.4 is 9.04 Å². The van der Waals surface area contributed by atoms with Crippen molar-refractivity contribution < 1.29 is 22.1 Å². The van der Waals surface area contributed by atoms with Crippen molar-refractivity contribution in [2.75, 3.05) is 31.1 Å². The van der Waals surface area contributed by atoms with Crippen LogP contribution in [-0.2, 0) is 19.3 Å². The molecule has 148 valence electrons. The highest BCUT2D eigenvalue weighted by atomic mass is 32.2. The standard InChI is InChI=1S/C18H25N3O5S/c1-3-4-5-10-20-18(22)9-7-15(19-20)14-6-8-17-16(13-14)21(11-12-26-17)27(23,24)25-2/h6,8,13H,3-5,7,9-12H2,1-2H3. The number of benzene rings is 1. The van der Waals surface area contributed by atoms with Gasteiger partial charge in [-0.25, -0.2) is 9.31 Å². The molecular formula is C18H25N3O5S. The van der Waals surface area contributed by atoms with Gasteiger partial charge in [0.1, 0.15) is 12.4 Å². The van der Waals surface area contributed by atoms with Crippen molar-refractivity contribution >= 4 is 27.6 Å². The van der Waals surface area contributed by atoms with Crippen LogP contribution in [0.1, 0.15) is 44.6 Å². The van der Waals surface area contributed by atoms with Crippen LogP contribution in [0, 0.1) is 0 Å². The molecule has 8 nitrogen and oxygen atoms in total. The number of ether oxygens (including phenoxy) is 1. The third kappa shape index (κ3) is 4.24. The molecule has 9 heteroatoms. The Morgan fingerprint density at radius 1 is 1.26 bits per heavy atom. The number of hydrogen-bond acceptors (Lipinski definition) is 6. The minimum absolute atomic E-state index is 0.0275. The average Bonchev–Trinajstić information content (AvgIpc) is 2.68. The Kier molecular flexibility index (Phi) is 6.01. The van der Waals surface area contributed by atoms with Gasteiger partial charge < -0.3 is 4.74 Å². The molecule has 0 aromatic heterocycles. The van der Waals surface area contributed by atoms with E-state index in [0.717, 1.165) is 37.6 Å². The Balaban J connectivity index is 1.90. The molecule has 0 fully saturated rings. The minimum Gasteiger partial charge on any atom is -0.489 e. The summed E-state index contributed by atoms with van der Waals surface area (Å²) in [6, 6.07) is 5.33. The quantitative estimate of drug-likeness (QED) is 0.661. The van der Waals surface area contributed by atoms with Crippen LogP contribution in [0.4, 0.5) is 5.69 Å². The van der Waals surface area contributed by atoms with Gasteiger partial charge >= 0.3 is 10.3 Å². The van der Waals surface area contributed by atoms with Gasteiger partial charge in [-0.15, -0.1) is 0 Å². The predicted octanol–water partition coefficient (Wildman–Crippen LogP) is 2.29. The molecular weight excluding hydrogens is 370 g/mol. The normalized spacial score (nSPS) is 17.4. The molecule has 27 heavy (non-hydrogen) atoms. The summed E-state index contributed by atoms with van der Waals surface area (Å²) in [5.74, 6) is 0.512. The van der Waals surface area contributed by atoms with Crippen LogP contribution in [0.25, 0.3) is 0 Å². The van der Waals surface area contributed by atoms with Gasteiger partial charge in [0.15, 0.2) is 0 Å². The summed E-state index contributed by atoms with van der Waals surface area (Å²) in [6.07, 6.45) is 3.97. The lowest BCUT2D eigenvalue weighted by Crippen LogP contribution is -2.38. The number of nitrogens with zero attached hydrogens (tertiary/aromatic N) is 3. The van der Waals surface area contributed by atoms with Gasteiger partial charge in [0, 0.05) is 24.9 Å². The molecule has 0 saturated heterocycles. The first-order valence-corrected chi connectivity index (χ1v) is 10.6. The molecule has 1 aromatic rings. The molecule has 2 heterocycles. The molecule has 0 N–H and O–H groups in total. The molecule has 0 unspecified atom stereocenters. The second kappa shape index (κ2) is 8.26. The molecule has 0 aliphatic carbocycles. The van der Waals surface area contributed by atoms with Crippen LogP contribution in [0.2, 0.25) is 0 Å². The number of fused-ring (bicyclic) bond motifs is 1. The zero-order valence-corrected chi connectivity index (χ0v) is 16.5. The van der Waals surface area contributed by atoms with Crippen LogP contribution in [0.5, 0.6) is 5.75 Å². The summed E-state index contributed by atoms with van der Waals surface area (Å²) in [7, 11) is -2.73. The van der Waals surface area contributed by atoms with E-state index in [2.05, 4.69) is 16.2 Å². The van der Waals surface area contributed by atoms with Crippen molar-refractivity contribution in [2.45, 2.75) is 39.0 Å². The topological polar surface area (TPSA) is 88.5 Å². The van der Waals surface area contributed by atoms with Gasteiger partial charge in [-0.3, -0.25) is 8.98 Å². The van der Waals surface area contributed by atoms with E-state index in [-0.39, 0.29) is 19.1 Å². The molecule has 0 bridgehead atoms. The maximum atomic E-state index is 12.2. The van der Waals surface area contributed by atoms with E-state index >= 15 is 0 Å². The molecule has 0 atom stereocenters. The van der Waals surface area contributed by atoms with E-state index < -0.39 is 10.3 Å². The van der Waals surface area contributed by atoms with E-state index in [4.69, 9.17) is 4.74 Å². The summed E-state index contributed by atoms with van der Waals surface area (Å²) in [4.78, 5) is 12.1. The van der Waals surface area contributed by atoms with Crippen molar-refractivity contribution in [1.29, 1.82) is 0 Å². The summed E-state index contributed by atoms with van der Waals surface area (Å²) < 4.78 is 35.9. The van der Waals surface area contributed by atoms with Crippen molar-refractivity contribution in [3.05, 3.63) is 23.8 Å². The second-order valence-electron chi connectivity index (χ2n) is 6.50. The molecule has 3 rings (SSSR count). The molecule has 1 aromatic carbocycles. The highest BCUT2D eigenvalue weighted by Gasteiger charge is 2.30. The molecule has 2 aliphatic rings. The van der Waals surface area contributed by atoms with Gasteiger partial charge in [0.2, 0.25) is 5.91 Å². The smallest absolute Gasteiger partial charge is 0.362 e. The number of carbonyl (C=O) groups is 1. The fraction of sp³-hybridized carbons (Fsp3) is 0.556. The van der Waals surface area contributed by atoms with E-state index in [9.17, 15) is 13.2 Å². The number of rotatable bonds is 7. The van der Waals surface area contributed by atoms with Crippen LogP contribution in [0.15, 0.2) is 23.3 Å². The number of amides is 1. The third-order valence-electron chi connectivity index (χ3n) is 4.67. The maximum Gasteiger partial charge on any atom is 0.362 e. The van der Waals surface area contributed by atoms with Crippen molar-refractivity contribution in [3.63, 3.8) is 0 Å². The highest BCUT2D eigenvalue weighted by molar-refractivity contribution is 7.88. The molecule has 1 amide bonds. The SMILES string of the molecule is CCCCCN1N=C(c2ccc3c(c2)N(S(=O)(=O)OC)CCO3)CCC1=O. The fourth-order valence-corrected chi connectivity index (χ4v) is 4.05. The van der Waals surface area contributed by atoms with Crippen LogP contribution in [-0.4, -0.2) is 51.9 Å². The highest BCUT2D eigenvalue weighted by Crippen LogP contribution is 2.35. The van der Waals surface area contributed by atoms with Gasteiger partial charge in [-0.2, -0.15) is 13.5 Å². The van der Waals surface area contributed by atoms with E-state index in [1.807, 2.05) is 6.07 Å². The third-order valence-corrected chi connectivity index (χ3v) is 6.01. The number of anilines is 1. The summed E-state index contributed by atoms with van der Waals surface area (Å²) in [5, 5.41) is 6.06. The fourth-order valence-electron chi connectivity index (χ4n) is 3.19. The first-order valence-electron chi connectivity index (χ1n) is 9.19. The van der Waals surface area contributed by atoms with E-state index in [1.54, 1.807) is 12.1 Å². The van der Waals surface area contributed by atoms with Crippen molar-refractivity contribution in [2.24, 2.45) is 5.10 Å². The first-order chi connectivity index (χ1) is 13.0. The van der Waals surface area contributed by atoms with E-state index in [0.29, 0.717) is 30.8 Å². The lowest BCUT2D eigenvalue weighted by Gasteiger charge is -2.30. The maximum absolute atomic E-state index is 12.2. The van der Waals surface area contributed by atoms with Gasteiger partial charge in [-0.05, 0) is 24.6 Å². The van der Waals surface area contributed by atoms with Crippen molar-refractivity contribution in [1.82, 2.24) is 5.01 Å². The Morgan fingerprint density at radius 2 is 2.07 bits per heavy atom. The lowest BCUT2D eigenvalue weighted by atomic mass is 10.0. The van der Waals surface area contributed by atoms with Crippen LogP contribution in [0.3, 0.4) is 0 Å². The van der Waals surface area contributed by atoms with Crippen LogP contribution >= 0.6 is 0 Å². The largest absolute Gasteiger partial charge is 0.489 e. The summed E-state index contributed by atoms with van der Waals surface area (Å²) in [5.41, 5.74) is 1.98. The zero-order chi connectivity index (χ0) is 19.4. The Morgan fingerprint density at radius 3 is 2.81 bits per heavy atom. The predicted molar refractivity (Wildman–Crippen MR) is 102 cm³/mol. The Bertz CT molecular complexity index is 837. The molecule has 0 spiro atoms. The number of hydrazone groups is 1. The van der Waals surface area contributed by atoms with Gasteiger partial charge in [0.05, 0.1) is 25.1 Å². The average molecular weight is 395 g/mol. The van der Waals surface area contributed by atoms with Gasteiger partial charge in [0.25, 0.3) is 0 Å². The number of hydrogen-bond donors (Lipinski definition) is 0. The summed E-state index contributed by atoms with van der Waals surface area (Å²) >= 11 is 0. The second-order valence-corrected chi connectivity index (χ2v) is 8.13. The molecule has 0 saturated carbocycles. The number of carbonyl (C=O) groups excluding carboxylic acids is 1. The monoisotopic (exact) mass is 395 g/mol. The number of unbranched alkanes of at least 4 members (excludes halogenated alkanes) is 2. The minimum atomic E-state index is -3.87. The Hall–Kier alpha value is -2.13.